The molecule has 6 heteroatoms. The van der Waals surface area contributed by atoms with Gasteiger partial charge in [0, 0.05) is 42.4 Å². The highest BCUT2D eigenvalue weighted by atomic mass is 16.5. The summed E-state index contributed by atoms with van der Waals surface area (Å²) in [4.78, 5) is 19.7. The Balaban J connectivity index is 1.49. The first-order valence-corrected chi connectivity index (χ1v) is 9.96. The Labute approximate surface area is 171 Å². The molecular weight excluding hydrogens is 364 g/mol. The van der Waals surface area contributed by atoms with Crippen molar-refractivity contribution in [2.45, 2.75) is 19.9 Å². The maximum absolute atomic E-state index is 12.9. The van der Waals surface area contributed by atoms with Gasteiger partial charge in [-0.3, -0.25) is 4.79 Å². The molecule has 0 spiro atoms. The third-order valence-electron chi connectivity index (χ3n) is 5.34. The summed E-state index contributed by atoms with van der Waals surface area (Å²) < 4.78 is 7.33. The minimum Gasteiger partial charge on any atom is -0.378 e. The number of imidazole rings is 1. The van der Waals surface area contributed by atoms with E-state index >= 15 is 0 Å². The van der Waals surface area contributed by atoms with Crippen LogP contribution in [-0.2, 0) is 9.53 Å². The first-order valence-electron chi connectivity index (χ1n) is 9.96. The van der Waals surface area contributed by atoms with Crippen molar-refractivity contribution in [3.8, 4) is 11.4 Å². The maximum atomic E-state index is 12.9. The van der Waals surface area contributed by atoms with Crippen LogP contribution in [0.3, 0.4) is 0 Å². The van der Waals surface area contributed by atoms with Gasteiger partial charge in [0.15, 0.2) is 0 Å². The molecule has 2 aromatic carbocycles. The normalized spacial score (nSPS) is 15.2. The van der Waals surface area contributed by atoms with E-state index in [9.17, 15) is 4.79 Å². The van der Waals surface area contributed by atoms with Crippen molar-refractivity contribution in [2.75, 3.05) is 36.5 Å². The average Bonchev–Trinajstić information content (AvgIpc) is 3.25. The topological polar surface area (TPSA) is 59.4 Å². The second-order valence-electron chi connectivity index (χ2n) is 7.29. The minimum absolute atomic E-state index is 0.0672. The fourth-order valence-corrected chi connectivity index (χ4v) is 3.61. The number of anilines is 2. The lowest BCUT2D eigenvalue weighted by Gasteiger charge is -2.29. The van der Waals surface area contributed by atoms with E-state index in [1.54, 1.807) is 6.20 Å². The van der Waals surface area contributed by atoms with Crippen LogP contribution in [0.4, 0.5) is 11.4 Å². The van der Waals surface area contributed by atoms with Gasteiger partial charge in [-0.25, -0.2) is 4.98 Å². The molecule has 0 radical (unpaired) electrons. The van der Waals surface area contributed by atoms with Crippen LogP contribution in [0.15, 0.2) is 60.9 Å². The van der Waals surface area contributed by atoms with E-state index in [2.05, 4.69) is 27.3 Å². The van der Waals surface area contributed by atoms with Gasteiger partial charge in [-0.05, 0) is 37.6 Å². The predicted molar refractivity (Wildman–Crippen MR) is 115 cm³/mol. The highest BCUT2D eigenvalue weighted by molar-refractivity contribution is 5.94. The van der Waals surface area contributed by atoms with Gasteiger partial charge in [0.25, 0.3) is 0 Å². The zero-order valence-corrected chi connectivity index (χ0v) is 16.8. The Morgan fingerprint density at radius 3 is 2.62 bits per heavy atom. The number of amides is 1. The number of hydrogen-bond donors (Lipinski definition) is 1. The number of nitrogens with zero attached hydrogens (tertiary/aromatic N) is 3. The van der Waals surface area contributed by atoms with Crippen LogP contribution in [0.1, 0.15) is 18.5 Å². The largest absolute Gasteiger partial charge is 0.378 e. The van der Waals surface area contributed by atoms with Gasteiger partial charge in [-0.2, -0.15) is 0 Å². The molecule has 1 saturated heterocycles. The van der Waals surface area contributed by atoms with Crippen LogP contribution < -0.4 is 10.2 Å². The zero-order valence-electron chi connectivity index (χ0n) is 16.8. The molecule has 1 aromatic heterocycles. The molecule has 4 rings (SSSR count). The van der Waals surface area contributed by atoms with Gasteiger partial charge in [-0.1, -0.05) is 30.3 Å². The van der Waals surface area contributed by atoms with Gasteiger partial charge in [0.05, 0.1) is 13.2 Å². The Morgan fingerprint density at radius 2 is 1.90 bits per heavy atom. The second kappa shape index (κ2) is 8.49. The Kier molecular flexibility index (Phi) is 5.62. The number of rotatable bonds is 5. The van der Waals surface area contributed by atoms with E-state index in [0.717, 1.165) is 54.6 Å². The highest BCUT2D eigenvalue weighted by Gasteiger charge is 2.20. The van der Waals surface area contributed by atoms with Crippen molar-refractivity contribution in [2.24, 2.45) is 0 Å². The second-order valence-corrected chi connectivity index (χ2v) is 7.29. The fraction of sp³-hybridized carbons (Fsp3) is 0.304. The van der Waals surface area contributed by atoms with Crippen LogP contribution in [0.5, 0.6) is 0 Å². The summed E-state index contributed by atoms with van der Waals surface area (Å²) in [6.07, 6.45) is 3.58. The molecule has 1 N–H and O–H groups in total. The molecule has 6 nitrogen and oxygen atoms in total. The van der Waals surface area contributed by atoms with Crippen molar-refractivity contribution in [1.29, 1.82) is 0 Å². The number of carbonyl (C=O) groups excluding carboxylic acids is 1. The number of ether oxygens (including phenoxy) is 1. The third kappa shape index (κ3) is 4.17. The standard InChI is InChI=1S/C23H26N4O2/c1-17-16-20(26-12-14-29-15-13-26)8-9-21(17)25-23(28)18(2)27-11-10-24-22(27)19-6-4-3-5-7-19/h3-11,16,18H,12-15H2,1-2H3,(H,25,28). The van der Waals surface area contributed by atoms with E-state index < -0.39 is 0 Å². The molecule has 1 fully saturated rings. The van der Waals surface area contributed by atoms with Gasteiger partial charge in [-0.15, -0.1) is 0 Å². The van der Waals surface area contributed by atoms with E-state index in [4.69, 9.17) is 4.74 Å². The summed E-state index contributed by atoms with van der Waals surface area (Å²) in [5.74, 6) is 0.718. The van der Waals surface area contributed by atoms with Gasteiger partial charge < -0.3 is 19.5 Å². The Bertz CT molecular complexity index is 978. The number of aromatic nitrogens is 2. The molecule has 1 unspecified atom stereocenters. The Morgan fingerprint density at radius 1 is 1.14 bits per heavy atom. The lowest BCUT2D eigenvalue weighted by molar-refractivity contribution is -0.118. The van der Waals surface area contributed by atoms with Crippen molar-refractivity contribution < 1.29 is 9.53 Å². The van der Waals surface area contributed by atoms with Crippen LogP contribution >= 0.6 is 0 Å². The Hall–Kier alpha value is -3.12. The first kappa shape index (κ1) is 19.2. The summed E-state index contributed by atoms with van der Waals surface area (Å²) in [6, 6.07) is 15.7. The number of hydrogen-bond acceptors (Lipinski definition) is 4. The molecule has 1 aliphatic rings. The summed E-state index contributed by atoms with van der Waals surface area (Å²) in [6.45, 7) is 7.21. The predicted octanol–water partition coefficient (Wildman–Crippen LogP) is 3.89. The molecule has 1 atom stereocenters. The molecule has 3 aromatic rings. The van der Waals surface area contributed by atoms with Crippen LogP contribution in [0, 0.1) is 6.92 Å². The average molecular weight is 390 g/mol. The number of benzene rings is 2. The van der Waals surface area contributed by atoms with Crippen LogP contribution in [0.2, 0.25) is 0 Å². The maximum Gasteiger partial charge on any atom is 0.247 e. The van der Waals surface area contributed by atoms with E-state index in [-0.39, 0.29) is 11.9 Å². The number of morpholine rings is 1. The summed E-state index contributed by atoms with van der Waals surface area (Å²) >= 11 is 0. The minimum atomic E-state index is -0.383. The first-order chi connectivity index (χ1) is 14.1. The van der Waals surface area contributed by atoms with Crippen molar-refractivity contribution in [1.82, 2.24) is 9.55 Å². The smallest absolute Gasteiger partial charge is 0.247 e. The molecule has 1 aliphatic heterocycles. The van der Waals surface area contributed by atoms with Crippen molar-refractivity contribution >= 4 is 17.3 Å². The van der Waals surface area contributed by atoms with E-state index in [0.29, 0.717) is 0 Å². The highest BCUT2D eigenvalue weighted by Crippen LogP contribution is 2.26. The summed E-state index contributed by atoms with van der Waals surface area (Å²) in [5, 5.41) is 3.08. The lowest BCUT2D eigenvalue weighted by atomic mass is 10.1. The van der Waals surface area contributed by atoms with Crippen molar-refractivity contribution in [3.05, 3.63) is 66.5 Å². The van der Waals surface area contributed by atoms with E-state index in [1.165, 1.54) is 0 Å². The van der Waals surface area contributed by atoms with Crippen LogP contribution in [0.25, 0.3) is 11.4 Å². The lowest BCUT2D eigenvalue weighted by Crippen LogP contribution is -2.36. The molecule has 0 saturated carbocycles. The zero-order chi connectivity index (χ0) is 20.2. The molecular formula is C23H26N4O2. The molecule has 0 aliphatic carbocycles. The summed E-state index contributed by atoms with van der Waals surface area (Å²) in [7, 11) is 0. The van der Waals surface area contributed by atoms with Gasteiger partial charge in [0.1, 0.15) is 11.9 Å². The monoisotopic (exact) mass is 390 g/mol. The fourth-order valence-electron chi connectivity index (χ4n) is 3.61. The molecule has 0 bridgehead atoms. The SMILES string of the molecule is Cc1cc(N2CCOCC2)ccc1NC(=O)C(C)n1ccnc1-c1ccccc1. The van der Waals surface area contributed by atoms with E-state index in [1.807, 2.05) is 61.0 Å². The molecule has 2 heterocycles. The molecule has 29 heavy (non-hydrogen) atoms. The number of nitrogens with one attached hydrogen (secondary N) is 1. The number of aryl methyl sites for hydroxylation is 1. The van der Waals surface area contributed by atoms with Crippen LogP contribution in [-0.4, -0.2) is 41.8 Å². The third-order valence-corrected chi connectivity index (χ3v) is 5.34. The van der Waals surface area contributed by atoms with Gasteiger partial charge in [0.2, 0.25) is 5.91 Å². The number of carbonyl (C=O) groups is 1. The molecule has 1 amide bonds. The van der Waals surface area contributed by atoms with Crippen molar-refractivity contribution in [3.63, 3.8) is 0 Å². The summed E-state index contributed by atoms with van der Waals surface area (Å²) in [5.41, 5.74) is 4.03. The quantitative estimate of drug-likeness (QED) is 0.718. The van der Waals surface area contributed by atoms with Gasteiger partial charge >= 0.3 is 0 Å². The molecule has 150 valence electrons.